The summed E-state index contributed by atoms with van der Waals surface area (Å²) in [5, 5.41) is 2.70. The maximum Gasteiger partial charge on any atom is 0.287 e. The lowest BCUT2D eigenvalue weighted by Crippen LogP contribution is -2.43. The fourth-order valence-electron chi connectivity index (χ4n) is 5.51. The average molecular weight is 499 g/mol. The zero-order valence-electron chi connectivity index (χ0n) is 21.4. The molecular weight excluding hydrogens is 464 g/mol. The zero-order valence-corrected chi connectivity index (χ0v) is 21.4. The lowest BCUT2D eigenvalue weighted by molar-refractivity contribution is -0.137. The fraction of sp³-hybridized carbons (Fsp3) is 0.355. The Labute approximate surface area is 218 Å². The van der Waals surface area contributed by atoms with Crippen LogP contribution in [0.4, 0.5) is 0 Å². The van der Waals surface area contributed by atoms with E-state index in [9.17, 15) is 9.59 Å². The highest BCUT2D eigenvalue weighted by molar-refractivity contribution is 5.91. The molecule has 0 bridgehead atoms. The van der Waals surface area contributed by atoms with Crippen LogP contribution in [0.3, 0.4) is 0 Å². The average Bonchev–Trinajstić information content (AvgIpc) is 3.62. The second-order valence-corrected chi connectivity index (χ2v) is 9.99. The molecule has 2 aromatic carbocycles. The van der Waals surface area contributed by atoms with Crippen molar-refractivity contribution < 1.29 is 18.7 Å². The molecule has 1 N–H and O–H groups in total. The van der Waals surface area contributed by atoms with E-state index in [-0.39, 0.29) is 36.1 Å². The highest BCUT2D eigenvalue weighted by Crippen LogP contribution is 2.40. The third-order valence-corrected chi connectivity index (χ3v) is 7.36. The zero-order chi connectivity index (χ0) is 25.8. The van der Waals surface area contributed by atoms with Gasteiger partial charge in [0.25, 0.3) is 5.91 Å². The van der Waals surface area contributed by atoms with E-state index >= 15 is 0 Å². The topological polar surface area (TPSA) is 71.8 Å². The van der Waals surface area contributed by atoms with E-state index in [0.29, 0.717) is 18.1 Å². The monoisotopic (exact) mass is 498 g/mol. The van der Waals surface area contributed by atoms with Gasteiger partial charge >= 0.3 is 0 Å². The van der Waals surface area contributed by atoms with Crippen molar-refractivity contribution in [3.8, 4) is 5.75 Å². The van der Waals surface area contributed by atoms with E-state index in [4.69, 9.17) is 9.15 Å². The van der Waals surface area contributed by atoms with Gasteiger partial charge in [-0.2, -0.15) is 0 Å². The number of ether oxygens (including phenoxy) is 1. The highest BCUT2D eigenvalue weighted by Gasteiger charge is 2.36. The van der Waals surface area contributed by atoms with Gasteiger partial charge in [-0.05, 0) is 67.1 Å². The van der Waals surface area contributed by atoms with E-state index in [1.807, 2.05) is 6.07 Å². The van der Waals surface area contributed by atoms with Crippen molar-refractivity contribution in [3.63, 3.8) is 0 Å². The first-order chi connectivity index (χ1) is 18.0. The first-order valence-electron chi connectivity index (χ1n) is 13.1. The van der Waals surface area contributed by atoms with Crippen LogP contribution in [0.15, 0.2) is 71.7 Å². The van der Waals surface area contributed by atoms with Gasteiger partial charge in [-0.15, -0.1) is 6.58 Å². The standard InChI is InChI=1S/C31H34N2O4/c1-3-16-32-30(34)28-14-13-26(37-28)20-36-25-12-11-22-15-17-33(31(35)23-8-4-5-9-23)29(27(22)19-25)24-10-6-7-21(2)18-24/h3,6-7,10-14,18-19,23,29H,1,4-5,8-9,15-17,20H2,2H3,(H,32,34). The summed E-state index contributed by atoms with van der Waals surface area (Å²) < 4.78 is 11.8. The quantitative estimate of drug-likeness (QED) is 0.402. The number of furan rings is 1. The SMILES string of the molecule is C=CCNC(=O)c1ccc(COc2ccc3c(c2)C(c2cccc(C)c2)N(C(=O)C2CCCC2)CC3)o1. The largest absolute Gasteiger partial charge is 0.486 e. The molecule has 5 rings (SSSR count). The minimum atomic E-state index is -0.284. The van der Waals surface area contributed by atoms with Crippen LogP contribution in [-0.4, -0.2) is 29.8 Å². The number of benzene rings is 2. The molecule has 6 nitrogen and oxygen atoms in total. The predicted octanol–water partition coefficient (Wildman–Crippen LogP) is 5.75. The first-order valence-corrected chi connectivity index (χ1v) is 13.1. The van der Waals surface area contributed by atoms with E-state index < -0.39 is 0 Å². The van der Waals surface area contributed by atoms with Gasteiger partial charge < -0.3 is 19.4 Å². The Kier molecular flexibility index (Phi) is 7.45. The van der Waals surface area contributed by atoms with Crippen LogP contribution in [-0.2, 0) is 17.8 Å². The van der Waals surface area contributed by atoms with Crippen LogP contribution in [0.25, 0.3) is 0 Å². The summed E-state index contributed by atoms with van der Waals surface area (Å²) in [7, 11) is 0. The molecule has 0 spiro atoms. The highest BCUT2D eigenvalue weighted by atomic mass is 16.5. The first kappa shape index (κ1) is 24.9. The number of fused-ring (bicyclic) bond motifs is 1. The van der Waals surface area contributed by atoms with Gasteiger partial charge in [0.15, 0.2) is 5.76 Å². The molecule has 6 heteroatoms. The van der Waals surface area contributed by atoms with Crippen LogP contribution in [0.2, 0.25) is 0 Å². The van der Waals surface area contributed by atoms with E-state index in [1.54, 1.807) is 18.2 Å². The number of nitrogens with one attached hydrogen (secondary N) is 1. The number of carbonyl (C=O) groups is 2. The number of carbonyl (C=O) groups excluding carboxylic acids is 2. The van der Waals surface area contributed by atoms with Gasteiger partial charge in [-0.1, -0.05) is 54.8 Å². The molecule has 0 saturated heterocycles. The Morgan fingerprint density at radius 2 is 1.97 bits per heavy atom. The Morgan fingerprint density at radius 3 is 2.76 bits per heavy atom. The van der Waals surface area contributed by atoms with Crippen molar-refractivity contribution in [2.24, 2.45) is 5.92 Å². The summed E-state index contributed by atoms with van der Waals surface area (Å²) >= 11 is 0. The molecule has 1 unspecified atom stereocenters. The molecule has 192 valence electrons. The predicted molar refractivity (Wildman–Crippen MR) is 142 cm³/mol. The Bertz CT molecular complexity index is 1290. The maximum absolute atomic E-state index is 13.6. The summed E-state index contributed by atoms with van der Waals surface area (Å²) in [6.07, 6.45) is 6.70. The number of amides is 2. The van der Waals surface area contributed by atoms with Crippen molar-refractivity contribution in [2.45, 2.75) is 51.7 Å². The van der Waals surface area contributed by atoms with Gasteiger partial charge in [0, 0.05) is 19.0 Å². The normalized spacial score (nSPS) is 17.3. The molecule has 37 heavy (non-hydrogen) atoms. The van der Waals surface area contributed by atoms with Crippen molar-refractivity contribution in [2.75, 3.05) is 13.1 Å². The van der Waals surface area contributed by atoms with Crippen molar-refractivity contribution in [1.29, 1.82) is 0 Å². The number of nitrogens with zero attached hydrogens (tertiary/aromatic N) is 1. The molecule has 2 aliphatic rings. The molecular formula is C31H34N2O4. The molecule has 1 aliphatic heterocycles. The lowest BCUT2D eigenvalue weighted by atomic mass is 9.86. The number of hydrogen-bond acceptors (Lipinski definition) is 4. The van der Waals surface area contributed by atoms with Crippen LogP contribution >= 0.6 is 0 Å². The molecule has 0 radical (unpaired) electrons. The van der Waals surface area contributed by atoms with Gasteiger partial charge in [-0.25, -0.2) is 0 Å². The van der Waals surface area contributed by atoms with Gasteiger partial charge in [0.1, 0.15) is 18.1 Å². The molecule has 1 atom stereocenters. The van der Waals surface area contributed by atoms with Crippen molar-refractivity contribution in [3.05, 3.63) is 101 Å². The summed E-state index contributed by atoms with van der Waals surface area (Å²) in [6, 6.07) is 17.9. The molecule has 3 aromatic rings. The van der Waals surface area contributed by atoms with Crippen LogP contribution < -0.4 is 10.1 Å². The molecule has 2 heterocycles. The van der Waals surface area contributed by atoms with E-state index in [1.165, 1.54) is 11.1 Å². The smallest absolute Gasteiger partial charge is 0.287 e. The Hall–Kier alpha value is -3.80. The molecule has 1 aliphatic carbocycles. The number of aryl methyl sites for hydroxylation is 1. The molecule has 2 amide bonds. The minimum absolute atomic E-state index is 0.130. The van der Waals surface area contributed by atoms with Gasteiger partial charge in [0.05, 0.1) is 6.04 Å². The Balaban J connectivity index is 1.39. The van der Waals surface area contributed by atoms with Crippen LogP contribution in [0.5, 0.6) is 5.75 Å². The molecule has 1 aromatic heterocycles. The van der Waals surface area contributed by atoms with Crippen molar-refractivity contribution in [1.82, 2.24) is 10.2 Å². The molecule has 1 saturated carbocycles. The second-order valence-electron chi connectivity index (χ2n) is 9.99. The van der Waals surface area contributed by atoms with Crippen molar-refractivity contribution >= 4 is 11.8 Å². The van der Waals surface area contributed by atoms with Crippen LogP contribution in [0.1, 0.15) is 70.3 Å². The summed E-state index contributed by atoms with van der Waals surface area (Å²) in [6.45, 7) is 7.00. The number of rotatable bonds is 8. The summed E-state index contributed by atoms with van der Waals surface area (Å²) in [4.78, 5) is 27.8. The van der Waals surface area contributed by atoms with E-state index in [0.717, 1.165) is 49.8 Å². The van der Waals surface area contributed by atoms with E-state index in [2.05, 4.69) is 60.1 Å². The summed E-state index contributed by atoms with van der Waals surface area (Å²) in [5.74, 6) is 1.64. The maximum atomic E-state index is 13.6. The van der Waals surface area contributed by atoms with Gasteiger partial charge in [0.2, 0.25) is 5.91 Å². The van der Waals surface area contributed by atoms with Crippen LogP contribution in [0, 0.1) is 12.8 Å². The third-order valence-electron chi connectivity index (χ3n) is 7.36. The number of hydrogen-bond donors (Lipinski definition) is 1. The lowest BCUT2D eigenvalue weighted by Gasteiger charge is -2.39. The second kappa shape index (κ2) is 11.1. The minimum Gasteiger partial charge on any atom is -0.486 e. The third kappa shape index (κ3) is 5.48. The van der Waals surface area contributed by atoms with Gasteiger partial charge in [-0.3, -0.25) is 9.59 Å². The molecule has 1 fully saturated rings. The Morgan fingerprint density at radius 1 is 1.14 bits per heavy atom. The summed E-state index contributed by atoms with van der Waals surface area (Å²) in [5.41, 5.74) is 4.67. The fourth-order valence-corrected chi connectivity index (χ4v) is 5.51.